The van der Waals surface area contributed by atoms with Crippen molar-refractivity contribution in [3.8, 4) is 17.1 Å². The van der Waals surface area contributed by atoms with E-state index in [2.05, 4.69) is 20.5 Å². The molecule has 8 heteroatoms. The molecule has 0 aliphatic rings. The zero-order chi connectivity index (χ0) is 15.0. The number of aromatic nitrogens is 5. The van der Waals surface area contributed by atoms with Crippen LogP contribution in [-0.4, -0.2) is 25.2 Å². The lowest BCUT2D eigenvalue weighted by atomic mass is 10.2. The van der Waals surface area contributed by atoms with Gasteiger partial charge in [-0.2, -0.15) is 4.68 Å². The average molecular weight is 288 g/mol. The Morgan fingerprint density at radius 1 is 1.24 bits per heavy atom. The molecule has 3 rings (SSSR count). The molecule has 0 unspecified atom stereocenters. The van der Waals surface area contributed by atoms with Gasteiger partial charge in [-0.15, -0.1) is 5.10 Å². The van der Waals surface area contributed by atoms with Crippen molar-refractivity contribution in [1.29, 1.82) is 0 Å². The van der Waals surface area contributed by atoms with Gasteiger partial charge in [0.2, 0.25) is 0 Å². The maximum atomic E-state index is 13.9. The molecular weight excluding hydrogens is 278 g/mol. The maximum Gasteiger partial charge on any atom is 0.190 e. The Morgan fingerprint density at radius 2 is 2.05 bits per heavy atom. The molecule has 2 N–H and O–H groups in total. The van der Waals surface area contributed by atoms with E-state index >= 15 is 0 Å². The molecular formula is C13H10F2N6. The van der Waals surface area contributed by atoms with Gasteiger partial charge in [0.1, 0.15) is 11.5 Å². The molecule has 6 nitrogen and oxygen atoms in total. The molecule has 0 aliphatic heterocycles. The van der Waals surface area contributed by atoms with Gasteiger partial charge in [0.25, 0.3) is 0 Å². The first kappa shape index (κ1) is 13.1. The molecule has 0 fully saturated rings. The summed E-state index contributed by atoms with van der Waals surface area (Å²) in [5.74, 6) is -1.63. The van der Waals surface area contributed by atoms with E-state index in [1.54, 1.807) is 12.3 Å². The Kier molecular flexibility index (Phi) is 3.05. The van der Waals surface area contributed by atoms with Crippen LogP contribution in [0.5, 0.6) is 0 Å². The third-order valence-corrected chi connectivity index (χ3v) is 2.93. The Labute approximate surface area is 118 Å². The zero-order valence-corrected chi connectivity index (χ0v) is 11.0. The van der Waals surface area contributed by atoms with Gasteiger partial charge in [-0.25, -0.2) is 13.8 Å². The summed E-state index contributed by atoms with van der Waals surface area (Å²) in [5, 5.41) is 11.0. The standard InChI is InChI=1S/C13H10F2N6/c1-7-5-8(12(16)17-6-7)13-18-19-20-21(13)10-4-2-3-9(14)11(10)15/h2-6H,1H3,(H2,16,17). The van der Waals surface area contributed by atoms with Crippen molar-refractivity contribution in [1.82, 2.24) is 25.2 Å². The van der Waals surface area contributed by atoms with Gasteiger partial charge in [0, 0.05) is 6.20 Å². The first-order chi connectivity index (χ1) is 10.1. The van der Waals surface area contributed by atoms with Crippen molar-refractivity contribution in [2.75, 3.05) is 5.73 Å². The number of benzene rings is 1. The Bertz CT molecular complexity index is 798. The van der Waals surface area contributed by atoms with Crippen molar-refractivity contribution < 1.29 is 8.78 Å². The van der Waals surface area contributed by atoms with Gasteiger partial charge in [-0.3, -0.25) is 0 Å². The minimum absolute atomic E-state index is 0.101. The summed E-state index contributed by atoms with van der Waals surface area (Å²) in [6, 6.07) is 5.49. The molecule has 0 aliphatic carbocycles. The fourth-order valence-electron chi connectivity index (χ4n) is 1.93. The van der Waals surface area contributed by atoms with Gasteiger partial charge < -0.3 is 5.73 Å². The van der Waals surface area contributed by atoms with Crippen LogP contribution in [0.1, 0.15) is 5.56 Å². The van der Waals surface area contributed by atoms with Gasteiger partial charge in [-0.1, -0.05) is 6.07 Å². The minimum atomic E-state index is -1.04. The van der Waals surface area contributed by atoms with E-state index in [-0.39, 0.29) is 17.3 Å². The largest absolute Gasteiger partial charge is 0.383 e. The Morgan fingerprint density at radius 3 is 2.86 bits per heavy atom. The van der Waals surface area contributed by atoms with Crippen molar-refractivity contribution >= 4 is 5.82 Å². The summed E-state index contributed by atoms with van der Waals surface area (Å²) >= 11 is 0. The number of rotatable bonds is 2. The molecule has 0 spiro atoms. The van der Waals surface area contributed by atoms with E-state index in [0.29, 0.717) is 5.56 Å². The quantitative estimate of drug-likeness (QED) is 0.778. The number of hydrogen-bond donors (Lipinski definition) is 1. The van der Waals surface area contributed by atoms with E-state index < -0.39 is 11.6 Å². The molecule has 0 bridgehead atoms. The number of halogens is 2. The van der Waals surface area contributed by atoms with Crippen LogP contribution >= 0.6 is 0 Å². The monoisotopic (exact) mass is 288 g/mol. The number of tetrazole rings is 1. The highest BCUT2D eigenvalue weighted by Crippen LogP contribution is 2.26. The fourth-order valence-corrected chi connectivity index (χ4v) is 1.93. The van der Waals surface area contributed by atoms with Gasteiger partial charge in [0.05, 0.1) is 5.56 Å². The molecule has 0 amide bonds. The fraction of sp³-hybridized carbons (Fsp3) is 0.0769. The molecule has 0 saturated carbocycles. The summed E-state index contributed by atoms with van der Waals surface area (Å²) < 4.78 is 28.3. The highest BCUT2D eigenvalue weighted by atomic mass is 19.2. The topological polar surface area (TPSA) is 82.5 Å². The number of pyridine rings is 1. The molecule has 2 aromatic heterocycles. The Balaban J connectivity index is 2.22. The molecule has 1 aromatic carbocycles. The smallest absolute Gasteiger partial charge is 0.190 e. The average Bonchev–Trinajstić information content (AvgIpc) is 2.93. The second-order valence-electron chi connectivity index (χ2n) is 4.43. The predicted octanol–water partition coefficient (Wildman–Crippen LogP) is 1.89. The third-order valence-electron chi connectivity index (χ3n) is 2.93. The molecule has 21 heavy (non-hydrogen) atoms. The van der Waals surface area contributed by atoms with Gasteiger partial charge in [0.15, 0.2) is 17.5 Å². The van der Waals surface area contributed by atoms with E-state index in [9.17, 15) is 8.78 Å². The number of nitrogens with two attached hydrogens (primary N) is 1. The van der Waals surface area contributed by atoms with Crippen LogP contribution < -0.4 is 5.73 Å². The second kappa shape index (κ2) is 4.89. The van der Waals surface area contributed by atoms with Crippen LogP contribution in [-0.2, 0) is 0 Å². The van der Waals surface area contributed by atoms with Gasteiger partial charge >= 0.3 is 0 Å². The molecule has 2 heterocycles. The van der Waals surface area contributed by atoms with Crippen LogP contribution in [0.3, 0.4) is 0 Å². The van der Waals surface area contributed by atoms with Crippen molar-refractivity contribution in [2.45, 2.75) is 6.92 Å². The number of nitrogens with zero attached hydrogens (tertiary/aromatic N) is 5. The molecule has 3 aromatic rings. The van der Waals surface area contributed by atoms with Crippen molar-refractivity contribution in [3.05, 3.63) is 47.7 Å². The van der Waals surface area contributed by atoms with Gasteiger partial charge in [-0.05, 0) is 41.1 Å². The number of hydrogen-bond acceptors (Lipinski definition) is 5. The Hall–Kier alpha value is -2.90. The van der Waals surface area contributed by atoms with Crippen LogP contribution in [0.2, 0.25) is 0 Å². The lowest BCUT2D eigenvalue weighted by Gasteiger charge is -2.08. The highest BCUT2D eigenvalue weighted by molar-refractivity contribution is 5.69. The van der Waals surface area contributed by atoms with Crippen LogP contribution in [0.4, 0.5) is 14.6 Å². The SMILES string of the molecule is Cc1cnc(N)c(-c2nnnn2-c2cccc(F)c2F)c1. The minimum Gasteiger partial charge on any atom is -0.383 e. The number of nitrogen functional groups attached to an aromatic ring is 1. The number of aryl methyl sites for hydroxylation is 1. The van der Waals surface area contributed by atoms with E-state index in [4.69, 9.17) is 5.73 Å². The molecule has 0 saturated heterocycles. The summed E-state index contributed by atoms with van der Waals surface area (Å²) in [4.78, 5) is 4.01. The van der Waals surface area contributed by atoms with Crippen LogP contribution in [0, 0.1) is 18.6 Å². The van der Waals surface area contributed by atoms with E-state index in [0.717, 1.165) is 16.3 Å². The third kappa shape index (κ3) is 2.20. The van der Waals surface area contributed by atoms with Crippen molar-refractivity contribution in [3.63, 3.8) is 0 Å². The summed E-state index contributed by atoms with van der Waals surface area (Å²) in [6.07, 6.45) is 1.59. The molecule has 0 radical (unpaired) electrons. The van der Waals surface area contributed by atoms with Crippen LogP contribution in [0.25, 0.3) is 17.1 Å². The zero-order valence-electron chi connectivity index (χ0n) is 11.0. The lowest BCUT2D eigenvalue weighted by molar-refractivity contribution is 0.501. The van der Waals surface area contributed by atoms with E-state index in [1.807, 2.05) is 6.92 Å². The first-order valence-corrected chi connectivity index (χ1v) is 6.03. The van der Waals surface area contributed by atoms with E-state index in [1.165, 1.54) is 12.1 Å². The van der Waals surface area contributed by atoms with Crippen LogP contribution in [0.15, 0.2) is 30.5 Å². The maximum absolute atomic E-state index is 13.9. The summed E-state index contributed by atoms with van der Waals surface area (Å²) in [6.45, 7) is 1.83. The summed E-state index contributed by atoms with van der Waals surface area (Å²) in [5.41, 5.74) is 7.00. The molecule has 0 atom stereocenters. The highest BCUT2D eigenvalue weighted by Gasteiger charge is 2.18. The normalized spacial score (nSPS) is 10.8. The lowest BCUT2D eigenvalue weighted by Crippen LogP contribution is -2.06. The summed E-state index contributed by atoms with van der Waals surface area (Å²) in [7, 11) is 0. The number of anilines is 1. The molecule has 106 valence electrons. The first-order valence-electron chi connectivity index (χ1n) is 6.03. The predicted molar refractivity (Wildman–Crippen MR) is 71.5 cm³/mol. The van der Waals surface area contributed by atoms with Crippen molar-refractivity contribution in [2.24, 2.45) is 0 Å². The second-order valence-corrected chi connectivity index (χ2v) is 4.43.